The Hall–Kier alpha value is -2.37. The standard InChI is InChI=1S/C28H33ClFN3O/c1-20-23(18-31-16-12-21(13-17-31)28-24(29)9-7-10-25(28)30)22-8-3-4-11-26(22)33(20)19-27(34)32-14-5-2-6-15-32/h3-4,7-11,21H,2,5-6,12-19H2,1H3. The molecule has 2 fully saturated rings. The highest BCUT2D eigenvalue weighted by molar-refractivity contribution is 6.31. The Balaban J connectivity index is 1.33. The number of aromatic nitrogens is 1. The van der Waals surface area contributed by atoms with E-state index in [1.165, 1.54) is 29.1 Å². The smallest absolute Gasteiger partial charge is 0.242 e. The van der Waals surface area contributed by atoms with Crippen LogP contribution >= 0.6 is 11.6 Å². The van der Waals surface area contributed by atoms with Crippen LogP contribution in [-0.4, -0.2) is 46.5 Å². The van der Waals surface area contributed by atoms with Gasteiger partial charge >= 0.3 is 0 Å². The molecule has 0 unspecified atom stereocenters. The molecule has 0 aliphatic carbocycles. The van der Waals surface area contributed by atoms with E-state index in [0.717, 1.165) is 63.9 Å². The van der Waals surface area contributed by atoms with E-state index in [4.69, 9.17) is 11.6 Å². The molecule has 2 aliphatic heterocycles. The molecule has 6 heteroatoms. The topological polar surface area (TPSA) is 28.5 Å². The van der Waals surface area contributed by atoms with Gasteiger partial charge < -0.3 is 9.47 Å². The van der Waals surface area contributed by atoms with Gasteiger partial charge in [0.2, 0.25) is 5.91 Å². The van der Waals surface area contributed by atoms with Crippen LogP contribution in [0.3, 0.4) is 0 Å². The number of amides is 1. The summed E-state index contributed by atoms with van der Waals surface area (Å²) in [6.07, 6.45) is 5.23. The first kappa shape index (κ1) is 23.4. The number of benzene rings is 2. The monoisotopic (exact) mass is 481 g/mol. The summed E-state index contributed by atoms with van der Waals surface area (Å²) >= 11 is 6.33. The van der Waals surface area contributed by atoms with Crippen molar-refractivity contribution in [2.75, 3.05) is 26.2 Å². The largest absolute Gasteiger partial charge is 0.341 e. The minimum Gasteiger partial charge on any atom is -0.341 e. The highest BCUT2D eigenvalue weighted by Gasteiger charge is 2.27. The second kappa shape index (κ2) is 10.1. The van der Waals surface area contributed by atoms with Gasteiger partial charge in [0, 0.05) is 46.8 Å². The van der Waals surface area contributed by atoms with Crippen molar-refractivity contribution in [1.82, 2.24) is 14.4 Å². The summed E-state index contributed by atoms with van der Waals surface area (Å²) in [7, 11) is 0. The van der Waals surface area contributed by atoms with Crippen LogP contribution in [0.15, 0.2) is 42.5 Å². The molecule has 0 bridgehead atoms. The van der Waals surface area contributed by atoms with E-state index < -0.39 is 0 Å². The maximum atomic E-state index is 14.4. The number of hydrogen-bond donors (Lipinski definition) is 0. The van der Waals surface area contributed by atoms with Crippen molar-refractivity contribution in [2.45, 2.75) is 58.0 Å². The molecule has 180 valence electrons. The quantitative estimate of drug-likeness (QED) is 0.438. The van der Waals surface area contributed by atoms with E-state index in [1.54, 1.807) is 12.1 Å². The summed E-state index contributed by atoms with van der Waals surface area (Å²) in [5.74, 6) is 0.190. The maximum Gasteiger partial charge on any atom is 0.242 e. The van der Waals surface area contributed by atoms with E-state index in [-0.39, 0.29) is 17.6 Å². The van der Waals surface area contributed by atoms with Crippen molar-refractivity contribution in [3.05, 3.63) is 70.1 Å². The molecular weight excluding hydrogens is 449 g/mol. The van der Waals surface area contributed by atoms with Gasteiger partial charge in [0.25, 0.3) is 0 Å². The highest BCUT2D eigenvalue weighted by Crippen LogP contribution is 2.36. The molecule has 3 aromatic rings. The summed E-state index contributed by atoms with van der Waals surface area (Å²) in [5.41, 5.74) is 4.27. The van der Waals surface area contributed by atoms with Gasteiger partial charge in [0.05, 0.1) is 0 Å². The van der Waals surface area contributed by atoms with Crippen LogP contribution in [0.4, 0.5) is 4.39 Å². The van der Waals surface area contributed by atoms with Crippen LogP contribution in [0.2, 0.25) is 5.02 Å². The fourth-order valence-electron chi connectivity index (χ4n) is 5.79. The van der Waals surface area contributed by atoms with E-state index >= 15 is 0 Å². The van der Waals surface area contributed by atoms with Crippen molar-refractivity contribution >= 4 is 28.4 Å². The van der Waals surface area contributed by atoms with Crippen LogP contribution in [-0.2, 0) is 17.9 Å². The summed E-state index contributed by atoms with van der Waals surface area (Å²) < 4.78 is 16.6. The first-order chi connectivity index (χ1) is 16.5. The van der Waals surface area contributed by atoms with E-state index in [1.807, 2.05) is 4.90 Å². The van der Waals surface area contributed by atoms with E-state index in [9.17, 15) is 9.18 Å². The Morgan fingerprint density at radius 2 is 1.74 bits per heavy atom. The van der Waals surface area contributed by atoms with Crippen molar-refractivity contribution in [3.8, 4) is 0 Å². The van der Waals surface area contributed by atoms with Crippen LogP contribution < -0.4 is 0 Å². The van der Waals surface area contributed by atoms with Gasteiger partial charge in [0.1, 0.15) is 12.4 Å². The maximum absolute atomic E-state index is 14.4. The first-order valence-electron chi connectivity index (χ1n) is 12.5. The molecule has 4 nitrogen and oxygen atoms in total. The summed E-state index contributed by atoms with van der Waals surface area (Å²) in [6.45, 7) is 6.96. The number of likely N-dealkylation sites (tertiary alicyclic amines) is 2. The molecule has 2 saturated heterocycles. The number of fused-ring (bicyclic) bond motifs is 1. The second-order valence-corrected chi connectivity index (χ2v) is 10.2. The Morgan fingerprint density at radius 1 is 1.00 bits per heavy atom. The fourth-order valence-corrected chi connectivity index (χ4v) is 6.11. The van der Waals surface area contributed by atoms with Gasteiger partial charge in [-0.25, -0.2) is 4.39 Å². The van der Waals surface area contributed by atoms with Gasteiger partial charge in [-0.2, -0.15) is 0 Å². The van der Waals surface area contributed by atoms with Crippen molar-refractivity contribution in [1.29, 1.82) is 0 Å². The molecule has 0 atom stereocenters. The first-order valence-corrected chi connectivity index (χ1v) is 12.9. The number of piperidine rings is 2. The van der Waals surface area contributed by atoms with Gasteiger partial charge in [0.15, 0.2) is 0 Å². The summed E-state index contributed by atoms with van der Waals surface area (Å²) in [4.78, 5) is 17.5. The number of nitrogens with zero attached hydrogens (tertiary/aromatic N) is 3. The SMILES string of the molecule is Cc1c(CN2CCC(c3c(F)cccc3Cl)CC2)c2ccccc2n1CC(=O)N1CCCCC1. The highest BCUT2D eigenvalue weighted by atomic mass is 35.5. The van der Waals surface area contributed by atoms with Crippen LogP contribution in [0, 0.1) is 12.7 Å². The predicted octanol–water partition coefficient (Wildman–Crippen LogP) is 6.13. The van der Waals surface area contributed by atoms with Crippen molar-refractivity contribution in [3.63, 3.8) is 0 Å². The molecule has 0 saturated carbocycles. The molecule has 2 aliphatic rings. The van der Waals surface area contributed by atoms with Gasteiger partial charge in [-0.15, -0.1) is 0 Å². The minimum atomic E-state index is -0.191. The van der Waals surface area contributed by atoms with Gasteiger partial charge in [-0.3, -0.25) is 9.69 Å². The van der Waals surface area contributed by atoms with E-state index in [0.29, 0.717) is 17.1 Å². The van der Waals surface area contributed by atoms with Crippen molar-refractivity contribution < 1.29 is 9.18 Å². The van der Waals surface area contributed by atoms with Crippen LogP contribution in [0.5, 0.6) is 0 Å². The molecular formula is C28H33ClFN3O. The Morgan fingerprint density at radius 3 is 2.47 bits per heavy atom. The lowest BCUT2D eigenvalue weighted by molar-refractivity contribution is -0.132. The lowest BCUT2D eigenvalue weighted by Crippen LogP contribution is -2.38. The Labute approximate surface area is 206 Å². The summed E-state index contributed by atoms with van der Waals surface area (Å²) in [5, 5.41) is 1.77. The lowest BCUT2D eigenvalue weighted by Gasteiger charge is -2.32. The average molecular weight is 482 g/mol. The van der Waals surface area contributed by atoms with E-state index in [2.05, 4.69) is 40.7 Å². The average Bonchev–Trinajstić information content (AvgIpc) is 3.11. The van der Waals surface area contributed by atoms with Crippen LogP contribution in [0.25, 0.3) is 10.9 Å². The van der Waals surface area contributed by atoms with Gasteiger partial charge in [-0.05, 0) is 81.8 Å². The number of rotatable bonds is 5. The number of carbonyl (C=O) groups is 1. The normalized spacial score (nSPS) is 18.0. The molecule has 1 aromatic heterocycles. The Kier molecular flexibility index (Phi) is 6.94. The molecule has 1 amide bonds. The predicted molar refractivity (Wildman–Crippen MR) is 136 cm³/mol. The number of hydrogen-bond acceptors (Lipinski definition) is 2. The van der Waals surface area contributed by atoms with Crippen molar-refractivity contribution in [2.24, 2.45) is 0 Å². The van der Waals surface area contributed by atoms with Crippen LogP contribution in [0.1, 0.15) is 54.8 Å². The fraction of sp³-hybridized carbons (Fsp3) is 0.464. The number of para-hydroxylation sites is 1. The lowest BCUT2D eigenvalue weighted by atomic mass is 9.89. The minimum absolute atomic E-state index is 0.162. The zero-order chi connectivity index (χ0) is 23.7. The summed E-state index contributed by atoms with van der Waals surface area (Å²) in [6, 6.07) is 13.4. The molecule has 0 N–H and O–H groups in total. The third kappa shape index (κ3) is 4.60. The third-order valence-corrected chi connectivity index (χ3v) is 8.07. The third-order valence-electron chi connectivity index (χ3n) is 7.74. The molecule has 0 spiro atoms. The zero-order valence-corrected chi connectivity index (χ0v) is 20.7. The molecule has 0 radical (unpaired) electrons. The molecule has 34 heavy (non-hydrogen) atoms. The molecule has 3 heterocycles. The second-order valence-electron chi connectivity index (χ2n) is 9.79. The molecule has 2 aromatic carbocycles. The number of halogens is 2. The van der Waals surface area contributed by atoms with Gasteiger partial charge in [-0.1, -0.05) is 35.9 Å². The zero-order valence-electron chi connectivity index (χ0n) is 19.9. The molecule has 5 rings (SSSR count). The number of carbonyl (C=O) groups excluding carboxylic acids is 1. The Bertz CT molecular complexity index is 1160.